The summed E-state index contributed by atoms with van der Waals surface area (Å²) in [5, 5.41) is 5.63. The predicted molar refractivity (Wildman–Crippen MR) is 71.5 cm³/mol. The smallest absolute Gasteiger partial charge is 0.255 e. The van der Waals surface area contributed by atoms with E-state index in [1.54, 1.807) is 7.05 Å². The molecule has 0 saturated carbocycles. The molecule has 2 heterocycles. The molecule has 1 atom stereocenters. The van der Waals surface area contributed by atoms with E-state index in [4.69, 9.17) is 0 Å². The summed E-state index contributed by atoms with van der Waals surface area (Å²) in [7, 11) is 1.66. The van der Waals surface area contributed by atoms with Crippen LogP contribution in [0.1, 0.15) is 16.8 Å². The van der Waals surface area contributed by atoms with E-state index in [1.807, 2.05) is 11.8 Å². The second-order valence-electron chi connectivity index (χ2n) is 4.24. The molecule has 1 saturated heterocycles. The Morgan fingerprint density at radius 3 is 3.17 bits per heavy atom. The van der Waals surface area contributed by atoms with Gasteiger partial charge in [0.25, 0.3) is 5.91 Å². The van der Waals surface area contributed by atoms with Crippen LogP contribution in [0.25, 0.3) is 0 Å². The van der Waals surface area contributed by atoms with Crippen LogP contribution in [0.2, 0.25) is 0 Å². The molecule has 0 aliphatic carbocycles. The highest BCUT2D eigenvalue weighted by molar-refractivity contribution is 7.99. The number of carbonyl (C=O) groups is 1. The van der Waals surface area contributed by atoms with E-state index in [0.717, 1.165) is 24.1 Å². The molecule has 0 aromatic carbocycles. The van der Waals surface area contributed by atoms with Crippen molar-refractivity contribution >= 4 is 23.5 Å². The number of carbonyl (C=O) groups excluding carboxylic acids is 1. The van der Waals surface area contributed by atoms with E-state index in [0.29, 0.717) is 18.3 Å². The Kier molecular flexibility index (Phi) is 4.41. The predicted octanol–water partition coefficient (Wildman–Crippen LogP) is 1.75. The van der Waals surface area contributed by atoms with Gasteiger partial charge in [-0.3, -0.25) is 4.79 Å². The Labute approximate surface area is 110 Å². The molecule has 6 heteroatoms. The summed E-state index contributed by atoms with van der Waals surface area (Å²) in [6.07, 6.45) is 2.22. The maximum atomic E-state index is 13.1. The first kappa shape index (κ1) is 13.1. The number of rotatable bonds is 4. The number of thioether (sulfide) groups is 1. The average molecular weight is 269 g/mol. The van der Waals surface area contributed by atoms with E-state index in [2.05, 4.69) is 15.6 Å². The van der Waals surface area contributed by atoms with Gasteiger partial charge in [0.05, 0.1) is 11.8 Å². The van der Waals surface area contributed by atoms with Crippen molar-refractivity contribution in [1.82, 2.24) is 10.3 Å². The Bertz CT molecular complexity index is 435. The van der Waals surface area contributed by atoms with Gasteiger partial charge in [0.2, 0.25) is 0 Å². The van der Waals surface area contributed by atoms with Crippen LogP contribution >= 0.6 is 11.8 Å². The maximum Gasteiger partial charge on any atom is 0.255 e. The lowest BCUT2D eigenvalue weighted by Crippen LogP contribution is -2.30. The molecule has 1 aromatic heterocycles. The number of hydrogen-bond acceptors (Lipinski definition) is 4. The Morgan fingerprint density at radius 1 is 1.67 bits per heavy atom. The molecule has 1 fully saturated rings. The first-order chi connectivity index (χ1) is 8.70. The average Bonchev–Trinajstić information content (AvgIpc) is 2.89. The highest BCUT2D eigenvalue weighted by atomic mass is 32.2. The Hall–Kier alpha value is -1.30. The molecule has 1 amide bonds. The van der Waals surface area contributed by atoms with Crippen LogP contribution in [-0.4, -0.2) is 36.0 Å². The monoisotopic (exact) mass is 269 g/mol. The number of halogens is 1. The molecule has 1 aromatic rings. The van der Waals surface area contributed by atoms with Gasteiger partial charge in [-0.2, -0.15) is 11.8 Å². The zero-order valence-corrected chi connectivity index (χ0v) is 11.0. The van der Waals surface area contributed by atoms with Gasteiger partial charge in [0.15, 0.2) is 0 Å². The highest BCUT2D eigenvalue weighted by Gasteiger charge is 2.18. The van der Waals surface area contributed by atoms with Gasteiger partial charge in [0, 0.05) is 13.6 Å². The van der Waals surface area contributed by atoms with E-state index >= 15 is 0 Å². The summed E-state index contributed by atoms with van der Waals surface area (Å²) >= 11 is 1.90. The molecule has 1 aliphatic heterocycles. The molecule has 0 radical (unpaired) electrons. The van der Waals surface area contributed by atoms with Crippen LogP contribution in [-0.2, 0) is 0 Å². The number of pyridine rings is 1. The number of hydrogen-bond donors (Lipinski definition) is 2. The normalized spacial score (nSPS) is 18.7. The quantitative estimate of drug-likeness (QED) is 0.874. The zero-order valence-electron chi connectivity index (χ0n) is 10.2. The van der Waals surface area contributed by atoms with Crippen molar-refractivity contribution in [2.45, 2.75) is 6.42 Å². The number of amides is 1. The number of nitrogens with zero attached hydrogens (tertiary/aromatic N) is 1. The van der Waals surface area contributed by atoms with Crippen molar-refractivity contribution < 1.29 is 9.18 Å². The lowest BCUT2D eigenvalue weighted by Gasteiger charge is -2.12. The zero-order chi connectivity index (χ0) is 13.0. The van der Waals surface area contributed by atoms with Gasteiger partial charge in [-0.1, -0.05) is 0 Å². The van der Waals surface area contributed by atoms with Crippen molar-refractivity contribution in [2.24, 2.45) is 5.92 Å². The molecule has 1 unspecified atom stereocenters. The van der Waals surface area contributed by atoms with Gasteiger partial charge in [-0.05, 0) is 29.9 Å². The van der Waals surface area contributed by atoms with E-state index in [9.17, 15) is 9.18 Å². The summed E-state index contributed by atoms with van der Waals surface area (Å²) in [5.74, 6) is 2.39. The number of nitrogens with one attached hydrogen (secondary N) is 2. The van der Waals surface area contributed by atoms with Crippen LogP contribution < -0.4 is 10.6 Å². The van der Waals surface area contributed by atoms with Crippen LogP contribution in [0, 0.1) is 11.7 Å². The molecule has 18 heavy (non-hydrogen) atoms. The van der Waals surface area contributed by atoms with Crippen molar-refractivity contribution in [3.63, 3.8) is 0 Å². The molecule has 1 aliphatic rings. The van der Waals surface area contributed by atoms with Crippen molar-refractivity contribution in [2.75, 3.05) is 30.4 Å². The number of aromatic nitrogens is 1. The van der Waals surface area contributed by atoms with Crippen LogP contribution in [0.15, 0.2) is 12.3 Å². The third-order valence-corrected chi connectivity index (χ3v) is 4.14. The maximum absolute atomic E-state index is 13.1. The van der Waals surface area contributed by atoms with Gasteiger partial charge in [0.1, 0.15) is 11.6 Å². The summed E-state index contributed by atoms with van der Waals surface area (Å²) in [6.45, 7) is 0.644. The summed E-state index contributed by atoms with van der Waals surface area (Å²) in [6, 6.07) is 1.21. The molecule has 0 bridgehead atoms. The van der Waals surface area contributed by atoms with E-state index < -0.39 is 5.82 Å². The first-order valence-corrected chi connectivity index (χ1v) is 7.05. The highest BCUT2D eigenvalue weighted by Crippen LogP contribution is 2.22. The Morgan fingerprint density at radius 2 is 2.50 bits per heavy atom. The second-order valence-corrected chi connectivity index (χ2v) is 5.39. The minimum absolute atomic E-state index is 0.253. The molecule has 2 N–H and O–H groups in total. The van der Waals surface area contributed by atoms with E-state index in [1.165, 1.54) is 6.07 Å². The van der Waals surface area contributed by atoms with Crippen LogP contribution in [0.5, 0.6) is 0 Å². The van der Waals surface area contributed by atoms with Gasteiger partial charge in [-0.15, -0.1) is 0 Å². The minimum Gasteiger partial charge on any atom is -0.372 e. The van der Waals surface area contributed by atoms with Crippen LogP contribution in [0.3, 0.4) is 0 Å². The number of anilines is 1. The minimum atomic E-state index is -0.504. The second kappa shape index (κ2) is 6.04. The van der Waals surface area contributed by atoms with Gasteiger partial charge >= 0.3 is 0 Å². The Balaban J connectivity index is 2.00. The standard InChI is InChI=1S/C12H16FN3OS/c1-14-11-10(4-9(13)6-15-11)12(17)16-5-8-2-3-18-7-8/h4,6,8H,2-3,5,7H2,1H3,(H,14,15)(H,16,17). The van der Waals surface area contributed by atoms with Crippen molar-refractivity contribution in [1.29, 1.82) is 0 Å². The fourth-order valence-corrected chi connectivity index (χ4v) is 3.17. The molecule has 0 spiro atoms. The van der Waals surface area contributed by atoms with E-state index in [-0.39, 0.29) is 11.5 Å². The fraction of sp³-hybridized carbons (Fsp3) is 0.500. The van der Waals surface area contributed by atoms with Crippen molar-refractivity contribution in [3.05, 3.63) is 23.6 Å². The molecular weight excluding hydrogens is 253 g/mol. The topological polar surface area (TPSA) is 54.0 Å². The largest absolute Gasteiger partial charge is 0.372 e. The first-order valence-electron chi connectivity index (χ1n) is 5.90. The lowest BCUT2D eigenvalue weighted by atomic mass is 10.1. The van der Waals surface area contributed by atoms with Crippen LogP contribution in [0.4, 0.5) is 10.2 Å². The molecule has 4 nitrogen and oxygen atoms in total. The third-order valence-electron chi connectivity index (χ3n) is 2.91. The molecule has 2 rings (SSSR count). The lowest BCUT2D eigenvalue weighted by molar-refractivity contribution is 0.0948. The SMILES string of the molecule is CNc1ncc(F)cc1C(=O)NCC1CCSC1. The summed E-state index contributed by atoms with van der Waals surface area (Å²) < 4.78 is 13.1. The fourth-order valence-electron chi connectivity index (χ4n) is 1.89. The van der Waals surface area contributed by atoms with Crippen molar-refractivity contribution in [3.8, 4) is 0 Å². The summed E-state index contributed by atoms with van der Waals surface area (Å²) in [4.78, 5) is 15.8. The summed E-state index contributed by atoms with van der Waals surface area (Å²) in [5.41, 5.74) is 0.253. The van der Waals surface area contributed by atoms with Gasteiger partial charge < -0.3 is 10.6 Å². The van der Waals surface area contributed by atoms with Gasteiger partial charge in [-0.25, -0.2) is 9.37 Å². The molecular formula is C12H16FN3OS. The molecule has 98 valence electrons. The third kappa shape index (κ3) is 3.13.